The van der Waals surface area contributed by atoms with Crippen LogP contribution in [0.5, 0.6) is 11.5 Å². The molecule has 0 fully saturated rings. The van der Waals surface area contributed by atoms with Gasteiger partial charge in [0.25, 0.3) is 0 Å². The minimum Gasteiger partial charge on any atom is -0.497 e. The van der Waals surface area contributed by atoms with Crippen molar-refractivity contribution in [3.05, 3.63) is 105 Å². The van der Waals surface area contributed by atoms with Gasteiger partial charge in [-0.2, -0.15) is 10.1 Å². The predicted molar refractivity (Wildman–Crippen MR) is 128 cm³/mol. The molecule has 0 amide bonds. The van der Waals surface area contributed by atoms with Gasteiger partial charge in [-0.3, -0.25) is 0 Å². The number of anilines is 1. The zero-order valence-corrected chi connectivity index (χ0v) is 19.0. The molecule has 2 atom stereocenters. The fourth-order valence-corrected chi connectivity index (χ4v) is 4.76. The Bertz CT molecular complexity index is 1380. The number of halogens is 2. The van der Waals surface area contributed by atoms with E-state index in [1.807, 2.05) is 71.4 Å². The Labute approximate surface area is 200 Å². The molecule has 0 saturated heterocycles. The number of methoxy groups -OCH3 is 1. The lowest BCUT2D eigenvalue weighted by Gasteiger charge is -2.39. The van der Waals surface area contributed by atoms with Crippen LogP contribution in [-0.4, -0.2) is 21.9 Å². The van der Waals surface area contributed by atoms with Crippen LogP contribution in [0.15, 0.2) is 78.6 Å². The maximum absolute atomic E-state index is 6.58. The molecule has 0 saturated carbocycles. The minimum atomic E-state index is -0.372. The molecule has 1 N–H and O–H groups in total. The van der Waals surface area contributed by atoms with Crippen molar-refractivity contribution >= 4 is 34.8 Å². The van der Waals surface area contributed by atoms with Crippen LogP contribution < -0.4 is 14.8 Å². The van der Waals surface area contributed by atoms with Crippen LogP contribution in [0.1, 0.15) is 28.8 Å². The number of nitrogens with zero attached hydrogens (tertiary/aromatic N) is 3. The van der Waals surface area contributed by atoms with Gasteiger partial charge in [0.05, 0.1) is 12.8 Å². The van der Waals surface area contributed by atoms with E-state index in [1.165, 1.54) is 0 Å². The van der Waals surface area contributed by atoms with Crippen molar-refractivity contribution in [3.8, 4) is 11.5 Å². The molecule has 2 aliphatic heterocycles. The van der Waals surface area contributed by atoms with Crippen molar-refractivity contribution in [1.29, 1.82) is 0 Å². The molecule has 164 valence electrons. The number of benzene rings is 3. The van der Waals surface area contributed by atoms with E-state index >= 15 is 0 Å². The molecule has 0 radical (unpaired) electrons. The Morgan fingerprint density at radius 1 is 0.939 bits per heavy atom. The first-order chi connectivity index (χ1) is 16.1. The summed E-state index contributed by atoms with van der Waals surface area (Å²) in [5.41, 5.74) is 4.83. The van der Waals surface area contributed by atoms with Crippen molar-refractivity contribution < 1.29 is 9.47 Å². The first kappa shape index (κ1) is 20.1. The van der Waals surface area contributed by atoms with Gasteiger partial charge in [0.15, 0.2) is 0 Å². The van der Waals surface area contributed by atoms with Crippen LogP contribution in [0.25, 0.3) is 5.70 Å². The predicted octanol–water partition coefficient (Wildman–Crippen LogP) is 6.15. The number of rotatable bonds is 3. The first-order valence-corrected chi connectivity index (χ1v) is 11.1. The van der Waals surface area contributed by atoms with Crippen molar-refractivity contribution in [2.45, 2.75) is 12.1 Å². The summed E-state index contributed by atoms with van der Waals surface area (Å²) >= 11 is 12.6. The Hall–Kier alpha value is -3.48. The first-order valence-electron chi connectivity index (χ1n) is 10.4. The molecule has 0 bridgehead atoms. The Balaban J connectivity index is 1.61. The summed E-state index contributed by atoms with van der Waals surface area (Å²) < 4.78 is 13.8. The molecule has 3 aromatic carbocycles. The molecule has 8 heteroatoms. The lowest BCUT2D eigenvalue weighted by Crippen LogP contribution is -2.32. The molecule has 6 rings (SSSR count). The summed E-state index contributed by atoms with van der Waals surface area (Å²) in [6.45, 7) is 0. The zero-order valence-electron chi connectivity index (χ0n) is 17.5. The monoisotopic (exact) mass is 476 g/mol. The van der Waals surface area contributed by atoms with E-state index in [2.05, 4.69) is 15.4 Å². The summed E-state index contributed by atoms with van der Waals surface area (Å²) in [6.07, 6.45) is 1.18. The van der Waals surface area contributed by atoms with E-state index in [4.69, 9.17) is 32.7 Å². The Morgan fingerprint density at radius 2 is 1.67 bits per heavy atom. The molecule has 4 aromatic rings. The van der Waals surface area contributed by atoms with Crippen molar-refractivity contribution in [3.63, 3.8) is 0 Å². The Kier molecular flexibility index (Phi) is 4.78. The highest BCUT2D eigenvalue weighted by atomic mass is 35.5. The lowest BCUT2D eigenvalue weighted by molar-refractivity contribution is 0.223. The number of fused-ring (bicyclic) bond motifs is 3. The molecule has 6 nitrogen and oxygen atoms in total. The van der Waals surface area contributed by atoms with Crippen molar-refractivity contribution in [2.24, 2.45) is 0 Å². The van der Waals surface area contributed by atoms with E-state index in [0.29, 0.717) is 16.0 Å². The summed E-state index contributed by atoms with van der Waals surface area (Å²) in [4.78, 5) is 4.45. The SMILES string of the molecule is COc1ccc(C2C3=C(Nc4ncnn42)c2cc(Cl)ccc2OC3c2ccc(Cl)cc2)cc1. The van der Waals surface area contributed by atoms with Gasteiger partial charge in [-0.25, -0.2) is 4.68 Å². The van der Waals surface area contributed by atoms with E-state index < -0.39 is 0 Å². The molecule has 3 heterocycles. The fourth-order valence-electron chi connectivity index (χ4n) is 4.46. The fraction of sp³-hybridized carbons (Fsp3) is 0.120. The van der Waals surface area contributed by atoms with Gasteiger partial charge in [0.2, 0.25) is 5.95 Å². The third kappa shape index (κ3) is 3.34. The quantitative estimate of drug-likeness (QED) is 0.383. The largest absolute Gasteiger partial charge is 0.497 e. The summed E-state index contributed by atoms with van der Waals surface area (Å²) in [7, 11) is 1.65. The number of aromatic nitrogens is 3. The van der Waals surface area contributed by atoms with Gasteiger partial charge >= 0.3 is 0 Å². The summed E-state index contributed by atoms with van der Waals surface area (Å²) in [5, 5.41) is 9.31. The van der Waals surface area contributed by atoms with Gasteiger partial charge in [0.1, 0.15) is 30.0 Å². The molecular weight excluding hydrogens is 459 g/mol. The standard InChI is InChI=1S/C25H18Cl2N4O2/c1-32-18-9-4-14(5-10-18)23-21-22(30-25-28-13-29-31(23)25)19-12-17(27)8-11-20(19)33-24(21)15-2-6-16(26)7-3-15/h2-13,23-24H,1H3,(H,28,29,30). The topological polar surface area (TPSA) is 61.2 Å². The van der Waals surface area contributed by atoms with Gasteiger partial charge in [-0.1, -0.05) is 47.5 Å². The lowest BCUT2D eigenvalue weighted by atomic mass is 9.84. The van der Waals surface area contributed by atoms with Gasteiger partial charge in [-0.15, -0.1) is 0 Å². The molecule has 0 spiro atoms. The summed E-state index contributed by atoms with van der Waals surface area (Å²) in [5.74, 6) is 2.18. The molecule has 2 unspecified atom stereocenters. The number of hydrogen-bond donors (Lipinski definition) is 1. The van der Waals surface area contributed by atoms with E-state index in [-0.39, 0.29) is 12.1 Å². The normalized spacial score (nSPS) is 18.5. The van der Waals surface area contributed by atoms with Crippen LogP contribution in [0.2, 0.25) is 10.0 Å². The van der Waals surface area contributed by atoms with Gasteiger partial charge in [-0.05, 0) is 53.6 Å². The molecule has 1 aromatic heterocycles. The van der Waals surface area contributed by atoms with Gasteiger partial charge < -0.3 is 14.8 Å². The van der Waals surface area contributed by atoms with Crippen molar-refractivity contribution in [2.75, 3.05) is 12.4 Å². The van der Waals surface area contributed by atoms with Crippen LogP contribution >= 0.6 is 23.2 Å². The third-order valence-corrected chi connectivity index (χ3v) is 6.47. The number of ether oxygens (including phenoxy) is 2. The second-order valence-corrected chi connectivity index (χ2v) is 8.72. The van der Waals surface area contributed by atoms with E-state index in [9.17, 15) is 0 Å². The second kappa shape index (κ2) is 7.83. The zero-order chi connectivity index (χ0) is 22.5. The maximum atomic E-state index is 6.58. The second-order valence-electron chi connectivity index (χ2n) is 7.85. The molecular formula is C25H18Cl2N4O2. The number of hydrogen-bond acceptors (Lipinski definition) is 5. The van der Waals surface area contributed by atoms with Crippen LogP contribution in [-0.2, 0) is 0 Å². The van der Waals surface area contributed by atoms with Crippen LogP contribution in [0.4, 0.5) is 5.95 Å². The molecule has 0 aliphatic carbocycles. The minimum absolute atomic E-state index is 0.252. The van der Waals surface area contributed by atoms with Crippen LogP contribution in [0.3, 0.4) is 0 Å². The molecule has 2 aliphatic rings. The van der Waals surface area contributed by atoms with Crippen molar-refractivity contribution in [1.82, 2.24) is 14.8 Å². The van der Waals surface area contributed by atoms with E-state index in [0.717, 1.165) is 39.5 Å². The average Bonchev–Trinajstić information content (AvgIpc) is 3.31. The third-order valence-electron chi connectivity index (χ3n) is 5.98. The molecule has 33 heavy (non-hydrogen) atoms. The van der Waals surface area contributed by atoms with E-state index in [1.54, 1.807) is 13.4 Å². The highest BCUT2D eigenvalue weighted by molar-refractivity contribution is 6.31. The maximum Gasteiger partial charge on any atom is 0.226 e. The smallest absolute Gasteiger partial charge is 0.226 e. The summed E-state index contributed by atoms with van der Waals surface area (Å²) in [6, 6.07) is 21.1. The highest BCUT2D eigenvalue weighted by Crippen LogP contribution is 2.51. The van der Waals surface area contributed by atoms with Crippen LogP contribution in [0, 0.1) is 0 Å². The number of nitrogens with one attached hydrogen (secondary N) is 1. The average molecular weight is 477 g/mol. The van der Waals surface area contributed by atoms with Gasteiger partial charge in [0, 0.05) is 21.2 Å². The Morgan fingerprint density at radius 3 is 2.42 bits per heavy atom. The highest BCUT2D eigenvalue weighted by Gasteiger charge is 2.41.